The maximum Gasteiger partial charge on any atom is 0.220 e. The van der Waals surface area contributed by atoms with E-state index in [9.17, 15) is 4.79 Å². The summed E-state index contributed by atoms with van der Waals surface area (Å²) in [5, 5.41) is 3.08. The molecule has 0 saturated heterocycles. The molecule has 1 aliphatic carbocycles. The fraction of sp³-hybridized carbons (Fsp3) is 0.923. The van der Waals surface area contributed by atoms with E-state index < -0.39 is 0 Å². The van der Waals surface area contributed by atoms with Crippen molar-refractivity contribution in [2.24, 2.45) is 11.1 Å². The maximum absolute atomic E-state index is 11.6. The van der Waals surface area contributed by atoms with Crippen molar-refractivity contribution in [1.29, 1.82) is 0 Å². The van der Waals surface area contributed by atoms with Crippen LogP contribution in [0.4, 0.5) is 0 Å². The second-order valence-corrected chi connectivity index (χ2v) is 6.25. The maximum atomic E-state index is 11.6. The topological polar surface area (TPSA) is 55.1 Å². The number of hydrogen-bond acceptors (Lipinski definition) is 2. The molecule has 94 valence electrons. The van der Waals surface area contributed by atoms with Crippen LogP contribution in [0.1, 0.15) is 59.3 Å². The van der Waals surface area contributed by atoms with Crippen LogP contribution in [0.2, 0.25) is 0 Å². The minimum absolute atomic E-state index is 0.198. The first-order valence-electron chi connectivity index (χ1n) is 6.42. The van der Waals surface area contributed by atoms with E-state index in [4.69, 9.17) is 5.73 Å². The predicted molar refractivity (Wildman–Crippen MR) is 67.1 cm³/mol. The van der Waals surface area contributed by atoms with E-state index in [1.807, 2.05) is 0 Å². The number of rotatable bonds is 4. The molecule has 0 aromatic rings. The summed E-state index contributed by atoms with van der Waals surface area (Å²) in [5.74, 6) is 0.198. The third kappa shape index (κ3) is 5.50. The van der Waals surface area contributed by atoms with Crippen molar-refractivity contribution < 1.29 is 4.79 Å². The summed E-state index contributed by atoms with van der Waals surface area (Å²) >= 11 is 0. The Balaban J connectivity index is 2.12. The first kappa shape index (κ1) is 13.5. The van der Waals surface area contributed by atoms with Gasteiger partial charge in [-0.15, -0.1) is 0 Å². The lowest BCUT2D eigenvalue weighted by Crippen LogP contribution is -2.33. The van der Waals surface area contributed by atoms with Crippen molar-refractivity contribution in [2.45, 2.75) is 71.4 Å². The summed E-state index contributed by atoms with van der Waals surface area (Å²) in [6.45, 7) is 6.63. The average molecular weight is 226 g/mol. The molecule has 2 unspecified atom stereocenters. The van der Waals surface area contributed by atoms with Crippen LogP contribution >= 0.6 is 0 Å². The molecule has 1 rings (SSSR count). The molecule has 1 amide bonds. The Morgan fingerprint density at radius 2 is 2.06 bits per heavy atom. The number of carbonyl (C=O) groups excluding carboxylic acids is 1. The van der Waals surface area contributed by atoms with Gasteiger partial charge in [-0.3, -0.25) is 4.79 Å². The van der Waals surface area contributed by atoms with Gasteiger partial charge in [-0.1, -0.05) is 20.8 Å². The molecule has 0 bridgehead atoms. The van der Waals surface area contributed by atoms with Crippen LogP contribution in [-0.2, 0) is 4.79 Å². The Morgan fingerprint density at radius 3 is 2.56 bits per heavy atom. The Hall–Kier alpha value is -0.570. The van der Waals surface area contributed by atoms with Gasteiger partial charge in [-0.25, -0.2) is 0 Å². The van der Waals surface area contributed by atoms with Crippen LogP contribution in [0.15, 0.2) is 0 Å². The van der Waals surface area contributed by atoms with Gasteiger partial charge in [0, 0.05) is 18.5 Å². The lowest BCUT2D eigenvalue weighted by molar-refractivity contribution is -0.121. The van der Waals surface area contributed by atoms with E-state index in [1.54, 1.807) is 0 Å². The van der Waals surface area contributed by atoms with E-state index in [0.717, 1.165) is 32.1 Å². The van der Waals surface area contributed by atoms with Gasteiger partial charge in [-0.2, -0.15) is 0 Å². The van der Waals surface area contributed by atoms with Crippen LogP contribution < -0.4 is 11.1 Å². The van der Waals surface area contributed by atoms with E-state index in [0.29, 0.717) is 23.9 Å². The van der Waals surface area contributed by atoms with Crippen LogP contribution in [-0.4, -0.2) is 18.0 Å². The fourth-order valence-electron chi connectivity index (χ4n) is 2.23. The Labute approximate surface area is 99.2 Å². The number of amides is 1. The standard InChI is InChI=1S/C13H26N2O/c1-13(2,3)8-4-5-12(16)15-11-7-6-10(14)9-11/h10-11H,4-9,14H2,1-3H3,(H,15,16). The summed E-state index contributed by atoms with van der Waals surface area (Å²) in [6, 6.07) is 0.622. The van der Waals surface area contributed by atoms with E-state index in [1.165, 1.54) is 0 Å². The van der Waals surface area contributed by atoms with E-state index in [2.05, 4.69) is 26.1 Å². The van der Waals surface area contributed by atoms with Gasteiger partial charge in [0.05, 0.1) is 0 Å². The molecule has 0 aromatic carbocycles. The molecule has 0 radical (unpaired) electrons. The van der Waals surface area contributed by atoms with Crippen LogP contribution in [0, 0.1) is 5.41 Å². The minimum Gasteiger partial charge on any atom is -0.353 e. The lowest BCUT2D eigenvalue weighted by Gasteiger charge is -2.18. The predicted octanol–water partition coefficient (Wildman–Crippen LogP) is 2.20. The van der Waals surface area contributed by atoms with E-state index in [-0.39, 0.29) is 5.91 Å². The molecule has 2 atom stereocenters. The highest BCUT2D eigenvalue weighted by atomic mass is 16.1. The molecule has 3 N–H and O–H groups in total. The second kappa shape index (κ2) is 5.67. The largest absolute Gasteiger partial charge is 0.353 e. The van der Waals surface area contributed by atoms with Crippen LogP contribution in [0.3, 0.4) is 0 Å². The number of nitrogens with one attached hydrogen (secondary N) is 1. The quantitative estimate of drug-likeness (QED) is 0.772. The third-order valence-electron chi connectivity index (χ3n) is 3.17. The molecule has 3 nitrogen and oxygen atoms in total. The molecule has 3 heteroatoms. The average Bonchev–Trinajstić information content (AvgIpc) is 2.48. The summed E-state index contributed by atoms with van der Waals surface area (Å²) in [5.41, 5.74) is 6.14. The molecular formula is C13H26N2O. The number of nitrogens with two attached hydrogens (primary N) is 1. The van der Waals surface area contributed by atoms with Gasteiger partial charge in [0.25, 0.3) is 0 Å². The molecule has 0 heterocycles. The monoisotopic (exact) mass is 226 g/mol. The summed E-state index contributed by atoms with van der Waals surface area (Å²) in [7, 11) is 0. The molecule has 1 aliphatic rings. The Bertz CT molecular complexity index is 233. The van der Waals surface area contributed by atoms with Crippen molar-refractivity contribution in [3.63, 3.8) is 0 Å². The van der Waals surface area contributed by atoms with Crippen molar-refractivity contribution in [3.05, 3.63) is 0 Å². The molecule has 0 spiro atoms. The van der Waals surface area contributed by atoms with Crippen molar-refractivity contribution in [3.8, 4) is 0 Å². The van der Waals surface area contributed by atoms with Gasteiger partial charge in [0.15, 0.2) is 0 Å². The van der Waals surface area contributed by atoms with Crippen molar-refractivity contribution in [2.75, 3.05) is 0 Å². The van der Waals surface area contributed by atoms with Gasteiger partial charge in [0.1, 0.15) is 0 Å². The zero-order valence-corrected chi connectivity index (χ0v) is 10.9. The van der Waals surface area contributed by atoms with Gasteiger partial charge in [0.2, 0.25) is 5.91 Å². The summed E-state index contributed by atoms with van der Waals surface area (Å²) in [6.07, 6.45) is 5.78. The van der Waals surface area contributed by atoms with Gasteiger partial charge < -0.3 is 11.1 Å². The first-order valence-corrected chi connectivity index (χ1v) is 6.42. The van der Waals surface area contributed by atoms with Crippen LogP contribution in [0.5, 0.6) is 0 Å². The lowest BCUT2D eigenvalue weighted by atomic mass is 9.90. The first-order chi connectivity index (χ1) is 7.37. The normalized spacial score (nSPS) is 25.8. The molecular weight excluding hydrogens is 200 g/mol. The zero-order valence-electron chi connectivity index (χ0n) is 10.9. The van der Waals surface area contributed by atoms with Crippen molar-refractivity contribution >= 4 is 5.91 Å². The highest BCUT2D eigenvalue weighted by Gasteiger charge is 2.22. The van der Waals surface area contributed by atoms with Gasteiger partial charge in [-0.05, 0) is 37.5 Å². The molecule has 0 aliphatic heterocycles. The van der Waals surface area contributed by atoms with E-state index >= 15 is 0 Å². The smallest absolute Gasteiger partial charge is 0.220 e. The Morgan fingerprint density at radius 1 is 1.38 bits per heavy atom. The number of carbonyl (C=O) groups is 1. The highest BCUT2D eigenvalue weighted by molar-refractivity contribution is 5.76. The highest BCUT2D eigenvalue weighted by Crippen LogP contribution is 2.22. The molecule has 1 saturated carbocycles. The second-order valence-electron chi connectivity index (χ2n) is 6.25. The summed E-state index contributed by atoms with van der Waals surface area (Å²) in [4.78, 5) is 11.6. The molecule has 0 aromatic heterocycles. The SMILES string of the molecule is CC(C)(C)CCCC(=O)NC1CCC(N)C1. The molecule has 16 heavy (non-hydrogen) atoms. The Kier molecular flexibility index (Phi) is 4.78. The fourth-order valence-corrected chi connectivity index (χ4v) is 2.23. The molecule has 1 fully saturated rings. The minimum atomic E-state index is 0.198. The third-order valence-corrected chi connectivity index (χ3v) is 3.17. The van der Waals surface area contributed by atoms with Crippen LogP contribution in [0.25, 0.3) is 0 Å². The summed E-state index contributed by atoms with van der Waals surface area (Å²) < 4.78 is 0. The number of hydrogen-bond donors (Lipinski definition) is 2. The zero-order chi connectivity index (χ0) is 12.2. The van der Waals surface area contributed by atoms with Crippen molar-refractivity contribution in [1.82, 2.24) is 5.32 Å². The van der Waals surface area contributed by atoms with Gasteiger partial charge >= 0.3 is 0 Å².